The zero-order valence-electron chi connectivity index (χ0n) is 14.6. The van der Waals surface area contributed by atoms with Gasteiger partial charge in [-0.25, -0.2) is 0 Å². The van der Waals surface area contributed by atoms with Crippen LogP contribution in [0.25, 0.3) is 0 Å². The number of unbranched alkanes of at least 4 members (excludes halogenated alkanes) is 1. The van der Waals surface area contributed by atoms with Crippen molar-refractivity contribution in [1.82, 2.24) is 0 Å². The van der Waals surface area contributed by atoms with Gasteiger partial charge in [0.15, 0.2) is 0 Å². The van der Waals surface area contributed by atoms with Crippen LogP contribution in [-0.2, 0) is 4.79 Å². The number of carbonyl (C=O) groups excluding carboxylic acids is 1. The Balaban J connectivity index is 1.76. The molecule has 3 nitrogen and oxygen atoms in total. The third-order valence-electron chi connectivity index (χ3n) is 4.78. The van der Waals surface area contributed by atoms with Crippen molar-refractivity contribution in [1.29, 1.82) is 0 Å². The zero-order valence-corrected chi connectivity index (χ0v) is 14.6. The second kappa shape index (κ2) is 9.59. The van der Waals surface area contributed by atoms with Gasteiger partial charge in [0.2, 0.25) is 5.91 Å². The van der Waals surface area contributed by atoms with Crippen LogP contribution in [0.15, 0.2) is 24.3 Å². The summed E-state index contributed by atoms with van der Waals surface area (Å²) < 4.78 is 5.56. The van der Waals surface area contributed by atoms with E-state index < -0.39 is 0 Å². The molecule has 0 bridgehead atoms. The number of carbonyl (C=O) groups is 1. The second-order valence-corrected chi connectivity index (χ2v) is 6.72. The van der Waals surface area contributed by atoms with E-state index in [1.54, 1.807) is 0 Å². The molecule has 0 unspecified atom stereocenters. The fourth-order valence-electron chi connectivity index (χ4n) is 3.30. The lowest BCUT2D eigenvalue weighted by Gasteiger charge is -2.27. The van der Waals surface area contributed by atoms with Gasteiger partial charge in [0, 0.05) is 11.6 Å². The Hall–Kier alpha value is -1.51. The number of hydrogen-bond donors (Lipinski definition) is 1. The normalized spacial score (nSPS) is 21.0. The summed E-state index contributed by atoms with van der Waals surface area (Å²) in [7, 11) is 0. The highest BCUT2D eigenvalue weighted by Crippen LogP contribution is 2.32. The molecule has 1 saturated carbocycles. The monoisotopic (exact) mass is 317 g/mol. The third-order valence-corrected chi connectivity index (χ3v) is 4.78. The summed E-state index contributed by atoms with van der Waals surface area (Å²) in [6.07, 6.45) is 9.44. The van der Waals surface area contributed by atoms with E-state index in [0.29, 0.717) is 0 Å². The van der Waals surface area contributed by atoms with Gasteiger partial charge in [-0.15, -0.1) is 0 Å². The lowest BCUT2D eigenvalue weighted by molar-refractivity contribution is -0.121. The first kappa shape index (κ1) is 17.8. The van der Waals surface area contributed by atoms with Crippen molar-refractivity contribution in [3.05, 3.63) is 24.3 Å². The molecule has 1 aromatic carbocycles. The quantitative estimate of drug-likeness (QED) is 0.696. The number of benzene rings is 1. The molecule has 0 spiro atoms. The Morgan fingerprint density at radius 2 is 1.78 bits per heavy atom. The summed E-state index contributed by atoms with van der Waals surface area (Å²) in [5.74, 6) is 2.07. The first-order valence-electron chi connectivity index (χ1n) is 9.26. The van der Waals surface area contributed by atoms with Crippen LogP contribution in [0.5, 0.6) is 5.75 Å². The molecule has 1 N–H and O–H groups in total. The molecule has 1 aromatic rings. The number of rotatable bonds is 8. The van der Waals surface area contributed by atoms with Crippen molar-refractivity contribution in [2.24, 2.45) is 11.8 Å². The SMILES string of the molecule is CCCCC1CCC(C(=O)Nc2ccc(OCCC)cc2)CC1. The first-order valence-corrected chi connectivity index (χ1v) is 9.26. The second-order valence-electron chi connectivity index (χ2n) is 6.72. The highest BCUT2D eigenvalue weighted by atomic mass is 16.5. The van der Waals surface area contributed by atoms with E-state index in [2.05, 4.69) is 19.2 Å². The van der Waals surface area contributed by atoms with Crippen LogP contribution in [0.4, 0.5) is 5.69 Å². The Labute approximate surface area is 140 Å². The molecule has 0 aliphatic heterocycles. The molecule has 1 aliphatic carbocycles. The topological polar surface area (TPSA) is 38.3 Å². The largest absolute Gasteiger partial charge is 0.494 e. The van der Waals surface area contributed by atoms with Gasteiger partial charge in [0.1, 0.15) is 5.75 Å². The van der Waals surface area contributed by atoms with E-state index in [1.807, 2.05) is 24.3 Å². The smallest absolute Gasteiger partial charge is 0.227 e. The van der Waals surface area contributed by atoms with Crippen LogP contribution in [-0.4, -0.2) is 12.5 Å². The third kappa shape index (κ3) is 5.89. The van der Waals surface area contributed by atoms with Gasteiger partial charge < -0.3 is 10.1 Å². The van der Waals surface area contributed by atoms with Crippen LogP contribution in [0, 0.1) is 11.8 Å². The molecule has 0 aromatic heterocycles. The van der Waals surface area contributed by atoms with E-state index >= 15 is 0 Å². The summed E-state index contributed by atoms with van der Waals surface area (Å²) in [5.41, 5.74) is 0.868. The van der Waals surface area contributed by atoms with Gasteiger partial charge in [0.25, 0.3) is 0 Å². The maximum atomic E-state index is 12.4. The van der Waals surface area contributed by atoms with Gasteiger partial charge in [-0.3, -0.25) is 4.79 Å². The average Bonchev–Trinajstić information content (AvgIpc) is 2.59. The fourth-order valence-corrected chi connectivity index (χ4v) is 3.30. The highest BCUT2D eigenvalue weighted by Gasteiger charge is 2.25. The fraction of sp³-hybridized carbons (Fsp3) is 0.650. The number of hydrogen-bond acceptors (Lipinski definition) is 2. The molecule has 1 amide bonds. The molecule has 0 atom stereocenters. The van der Waals surface area contributed by atoms with Gasteiger partial charge in [-0.2, -0.15) is 0 Å². The molecule has 1 aliphatic rings. The summed E-state index contributed by atoms with van der Waals surface area (Å²) in [6.45, 7) is 5.07. The van der Waals surface area contributed by atoms with Crippen molar-refractivity contribution in [2.75, 3.05) is 11.9 Å². The highest BCUT2D eigenvalue weighted by molar-refractivity contribution is 5.92. The summed E-state index contributed by atoms with van der Waals surface area (Å²) in [6, 6.07) is 7.70. The minimum Gasteiger partial charge on any atom is -0.494 e. The molecule has 1 fully saturated rings. The summed E-state index contributed by atoms with van der Waals surface area (Å²) in [4.78, 5) is 12.4. The Bertz CT molecular complexity index is 461. The standard InChI is InChI=1S/C20H31NO2/c1-3-5-6-16-7-9-17(10-8-16)20(22)21-18-11-13-19(14-12-18)23-15-4-2/h11-14,16-17H,3-10,15H2,1-2H3,(H,21,22). The van der Waals surface area contributed by atoms with Crippen LogP contribution < -0.4 is 10.1 Å². The van der Waals surface area contributed by atoms with E-state index in [-0.39, 0.29) is 11.8 Å². The molecule has 23 heavy (non-hydrogen) atoms. The molecular formula is C20H31NO2. The van der Waals surface area contributed by atoms with Crippen molar-refractivity contribution < 1.29 is 9.53 Å². The van der Waals surface area contributed by atoms with Crippen LogP contribution in [0.3, 0.4) is 0 Å². The van der Waals surface area contributed by atoms with Crippen LogP contribution >= 0.6 is 0 Å². The van der Waals surface area contributed by atoms with E-state index in [4.69, 9.17) is 4.74 Å². The molecule has 3 heteroatoms. The maximum absolute atomic E-state index is 12.4. The van der Waals surface area contributed by atoms with E-state index in [9.17, 15) is 4.79 Å². The molecule has 0 saturated heterocycles. The van der Waals surface area contributed by atoms with E-state index in [1.165, 1.54) is 32.1 Å². The summed E-state index contributed by atoms with van der Waals surface area (Å²) in [5, 5.41) is 3.06. The molecule has 0 heterocycles. The maximum Gasteiger partial charge on any atom is 0.227 e. The number of ether oxygens (including phenoxy) is 1. The van der Waals surface area contributed by atoms with Gasteiger partial charge >= 0.3 is 0 Å². The molecule has 2 rings (SSSR count). The van der Waals surface area contributed by atoms with Crippen LogP contribution in [0.1, 0.15) is 65.2 Å². The number of amides is 1. The van der Waals surface area contributed by atoms with E-state index in [0.717, 1.165) is 43.2 Å². The predicted molar refractivity (Wildman–Crippen MR) is 95.8 cm³/mol. The van der Waals surface area contributed by atoms with Gasteiger partial charge in [-0.1, -0.05) is 33.1 Å². The zero-order chi connectivity index (χ0) is 16.5. The Kier molecular flexibility index (Phi) is 7.44. The van der Waals surface area contributed by atoms with Gasteiger partial charge in [-0.05, 0) is 62.3 Å². The van der Waals surface area contributed by atoms with Crippen molar-refractivity contribution in [2.45, 2.75) is 65.2 Å². The molecular weight excluding hydrogens is 286 g/mol. The van der Waals surface area contributed by atoms with Gasteiger partial charge in [0.05, 0.1) is 6.61 Å². The summed E-state index contributed by atoms with van der Waals surface area (Å²) >= 11 is 0. The molecule has 128 valence electrons. The Morgan fingerprint density at radius 3 is 2.39 bits per heavy atom. The molecule has 0 radical (unpaired) electrons. The minimum absolute atomic E-state index is 0.182. The van der Waals surface area contributed by atoms with Crippen LogP contribution in [0.2, 0.25) is 0 Å². The average molecular weight is 317 g/mol. The number of anilines is 1. The predicted octanol–water partition coefficient (Wildman–Crippen LogP) is 5.41. The van der Waals surface area contributed by atoms with Crippen molar-refractivity contribution in [3.8, 4) is 5.75 Å². The number of nitrogens with one attached hydrogen (secondary N) is 1. The van der Waals surface area contributed by atoms with Crippen molar-refractivity contribution in [3.63, 3.8) is 0 Å². The van der Waals surface area contributed by atoms with Crippen molar-refractivity contribution >= 4 is 11.6 Å². The first-order chi connectivity index (χ1) is 11.2. The Morgan fingerprint density at radius 1 is 1.09 bits per heavy atom. The lowest BCUT2D eigenvalue weighted by atomic mass is 9.79. The minimum atomic E-state index is 0.182. The lowest BCUT2D eigenvalue weighted by Crippen LogP contribution is -2.27.